The molecule has 102 valence electrons. The normalized spacial score (nSPS) is 20.1. The number of rotatable bonds is 5. The molecule has 1 saturated carbocycles. The third kappa shape index (κ3) is 6.00. The highest BCUT2D eigenvalue weighted by molar-refractivity contribution is 8.00. The van der Waals surface area contributed by atoms with Crippen molar-refractivity contribution in [2.24, 2.45) is 5.41 Å². The Morgan fingerprint density at radius 1 is 1.18 bits per heavy atom. The predicted octanol–water partition coefficient (Wildman–Crippen LogP) is 4.19. The van der Waals surface area contributed by atoms with Crippen LogP contribution in [0.25, 0.3) is 0 Å². The van der Waals surface area contributed by atoms with Gasteiger partial charge in [0.15, 0.2) is 0 Å². The second-order valence-electron chi connectivity index (χ2n) is 6.00. The minimum atomic E-state index is -4.08. The molecule has 0 bridgehead atoms. The van der Waals surface area contributed by atoms with Crippen molar-refractivity contribution in [3.8, 4) is 0 Å². The standard InChI is InChI=1S/C12H22F3NS/c1-10(2,3)16-9-11(5-4-6-11)7-8-17-12(13,14)15/h16H,4-9H2,1-3H3. The molecular weight excluding hydrogens is 247 g/mol. The Hall–Kier alpha value is 0.100. The third-order valence-electron chi connectivity index (χ3n) is 3.31. The molecule has 0 heterocycles. The summed E-state index contributed by atoms with van der Waals surface area (Å²) >= 11 is 0.115. The van der Waals surface area contributed by atoms with Crippen LogP contribution in [0.5, 0.6) is 0 Å². The zero-order valence-corrected chi connectivity index (χ0v) is 11.6. The van der Waals surface area contributed by atoms with Crippen LogP contribution in [-0.4, -0.2) is 23.3 Å². The Kier molecular flexibility index (Phi) is 4.81. The van der Waals surface area contributed by atoms with E-state index in [1.54, 1.807) is 0 Å². The SMILES string of the molecule is CC(C)(C)NCC1(CCSC(F)(F)F)CCC1. The lowest BCUT2D eigenvalue weighted by molar-refractivity contribution is -0.0330. The number of hydrogen-bond donors (Lipinski definition) is 1. The minimum absolute atomic E-state index is 0.0414. The van der Waals surface area contributed by atoms with Crippen molar-refractivity contribution in [3.05, 3.63) is 0 Å². The molecule has 1 nitrogen and oxygen atoms in total. The summed E-state index contributed by atoms with van der Waals surface area (Å²) in [5.74, 6) is 0.190. The van der Waals surface area contributed by atoms with Crippen molar-refractivity contribution in [1.82, 2.24) is 5.32 Å². The van der Waals surface area contributed by atoms with Crippen molar-refractivity contribution >= 4 is 11.8 Å². The highest BCUT2D eigenvalue weighted by Gasteiger charge is 2.38. The number of hydrogen-bond acceptors (Lipinski definition) is 2. The van der Waals surface area contributed by atoms with Crippen LogP contribution in [0.15, 0.2) is 0 Å². The average Bonchev–Trinajstić information content (AvgIpc) is 2.04. The maximum atomic E-state index is 12.1. The molecule has 0 aliphatic heterocycles. The van der Waals surface area contributed by atoms with Gasteiger partial charge in [0.2, 0.25) is 0 Å². The van der Waals surface area contributed by atoms with Gasteiger partial charge < -0.3 is 5.32 Å². The first-order valence-corrected chi connectivity index (χ1v) is 7.06. The van der Waals surface area contributed by atoms with Gasteiger partial charge in [0.05, 0.1) is 0 Å². The highest BCUT2D eigenvalue weighted by Crippen LogP contribution is 2.45. The van der Waals surface area contributed by atoms with E-state index in [-0.39, 0.29) is 28.5 Å². The van der Waals surface area contributed by atoms with Gasteiger partial charge in [-0.25, -0.2) is 0 Å². The Morgan fingerprint density at radius 3 is 2.12 bits per heavy atom. The molecule has 5 heteroatoms. The Morgan fingerprint density at radius 2 is 1.76 bits per heavy atom. The molecule has 0 spiro atoms. The summed E-state index contributed by atoms with van der Waals surface area (Å²) in [5, 5.41) is 3.42. The first-order chi connectivity index (χ1) is 7.62. The zero-order valence-electron chi connectivity index (χ0n) is 10.8. The lowest BCUT2D eigenvalue weighted by Gasteiger charge is -2.44. The van der Waals surface area contributed by atoms with Crippen LogP contribution in [0.2, 0.25) is 0 Å². The molecule has 0 amide bonds. The molecule has 0 radical (unpaired) electrons. The summed E-state index contributed by atoms with van der Waals surface area (Å²) < 4.78 is 36.2. The predicted molar refractivity (Wildman–Crippen MR) is 67.2 cm³/mol. The van der Waals surface area contributed by atoms with Crippen LogP contribution < -0.4 is 5.32 Å². The summed E-state index contributed by atoms with van der Waals surface area (Å²) in [6.07, 6.45) is 3.95. The van der Waals surface area contributed by atoms with Crippen LogP contribution in [0, 0.1) is 5.41 Å². The van der Waals surface area contributed by atoms with E-state index in [0.717, 1.165) is 25.8 Å². The molecule has 0 aromatic heterocycles. The van der Waals surface area contributed by atoms with E-state index < -0.39 is 5.51 Å². The van der Waals surface area contributed by atoms with Gasteiger partial charge in [0.1, 0.15) is 0 Å². The average molecular weight is 269 g/mol. The quantitative estimate of drug-likeness (QED) is 0.803. The number of thioether (sulfide) groups is 1. The Labute approximate surface area is 106 Å². The maximum Gasteiger partial charge on any atom is 0.441 e. The van der Waals surface area contributed by atoms with Gasteiger partial charge in [-0.1, -0.05) is 18.2 Å². The first-order valence-electron chi connectivity index (χ1n) is 6.08. The second-order valence-corrected chi connectivity index (χ2v) is 7.16. The van der Waals surface area contributed by atoms with Gasteiger partial charge in [0.25, 0.3) is 0 Å². The van der Waals surface area contributed by atoms with Crippen molar-refractivity contribution in [1.29, 1.82) is 0 Å². The lowest BCUT2D eigenvalue weighted by Crippen LogP contribution is -2.47. The fourth-order valence-electron chi connectivity index (χ4n) is 2.03. The number of alkyl halides is 3. The van der Waals surface area contributed by atoms with Crippen molar-refractivity contribution in [2.45, 2.75) is 57.5 Å². The second kappa shape index (κ2) is 5.39. The highest BCUT2D eigenvalue weighted by atomic mass is 32.2. The van der Waals surface area contributed by atoms with Gasteiger partial charge in [-0.05, 0) is 45.4 Å². The zero-order chi connectivity index (χ0) is 13.2. The molecule has 0 aromatic rings. The lowest BCUT2D eigenvalue weighted by atomic mass is 9.67. The van der Waals surface area contributed by atoms with Crippen molar-refractivity contribution in [3.63, 3.8) is 0 Å². The number of nitrogens with one attached hydrogen (secondary N) is 1. The topological polar surface area (TPSA) is 12.0 Å². The first kappa shape index (κ1) is 15.2. The van der Waals surface area contributed by atoms with Crippen LogP contribution in [0.3, 0.4) is 0 Å². The van der Waals surface area contributed by atoms with Crippen LogP contribution in [0.1, 0.15) is 46.5 Å². The molecule has 0 unspecified atom stereocenters. The molecule has 1 fully saturated rings. The molecule has 0 atom stereocenters. The van der Waals surface area contributed by atoms with Gasteiger partial charge >= 0.3 is 5.51 Å². The molecule has 0 saturated heterocycles. The molecule has 0 aromatic carbocycles. The van der Waals surface area contributed by atoms with E-state index in [1.807, 2.05) is 0 Å². The Balaban J connectivity index is 2.31. The smallest absolute Gasteiger partial charge is 0.312 e. The fraction of sp³-hybridized carbons (Fsp3) is 1.00. The molecule has 17 heavy (non-hydrogen) atoms. The molecule has 1 rings (SSSR count). The summed E-state index contributed by atoms with van der Waals surface area (Å²) in [6.45, 7) is 7.10. The monoisotopic (exact) mass is 269 g/mol. The van der Waals surface area contributed by atoms with Crippen molar-refractivity contribution < 1.29 is 13.2 Å². The van der Waals surface area contributed by atoms with E-state index in [4.69, 9.17) is 0 Å². The van der Waals surface area contributed by atoms with E-state index >= 15 is 0 Å². The molecular formula is C12H22F3NS. The Bertz CT molecular complexity index is 241. The summed E-state index contributed by atoms with van der Waals surface area (Å²) in [4.78, 5) is 0. The van der Waals surface area contributed by atoms with Crippen molar-refractivity contribution in [2.75, 3.05) is 12.3 Å². The van der Waals surface area contributed by atoms with Gasteiger partial charge in [0, 0.05) is 17.8 Å². The molecule has 1 aliphatic rings. The van der Waals surface area contributed by atoms with E-state index in [2.05, 4.69) is 26.1 Å². The van der Waals surface area contributed by atoms with E-state index in [9.17, 15) is 13.2 Å². The summed E-state index contributed by atoms with van der Waals surface area (Å²) in [6, 6.07) is 0. The van der Waals surface area contributed by atoms with E-state index in [0.29, 0.717) is 6.42 Å². The van der Waals surface area contributed by atoms with Crippen LogP contribution >= 0.6 is 11.8 Å². The van der Waals surface area contributed by atoms with Gasteiger partial charge in [-0.3, -0.25) is 0 Å². The van der Waals surface area contributed by atoms with Gasteiger partial charge in [-0.2, -0.15) is 13.2 Å². The van der Waals surface area contributed by atoms with Gasteiger partial charge in [-0.15, -0.1) is 0 Å². The third-order valence-corrected chi connectivity index (χ3v) is 4.04. The van der Waals surface area contributed by atoms with Crippen LogP contribution in [0.4, 0.5) is 13.2 Å². The van der Waals surface area contributed by atoms with E-state index in [1.165, 1.54) is 0 Å². The fourth-order valence-corrected chi connectivity index (χ4v) is 2.79. The van der Waals surface area contributed by atoms with Crippen LogP contribution in [-0.2, 0) is 0 Å². The largest absolute Gasteiger partial charge is 0.441 e. The number of halogens is 3. The summed E-state index contributed by atoms with van der Waals surface area (Å²) in [5.41, 5.74) is -3.92. The molecule has 1 N–H and O–H groups in total. The molecule has 1 aliphatic carbocycles. The summed E-state index contributed by atoms with van der Waals surface area (Å²) in [7, 11) is 0. The maximum absolute atomic E-state index is 12.1. The minimum Gasteiger partial charge on any atom is -0.312 e.